The van der Waals surface area contributed by atoms with Gasteiger partial charge in [0.15, 0.2) is 0 Å². The minimum Gasteiger partial charge on any atom is -0.265 e. The van der Waals surface area contributed by atoms with Crippen molar-refractivity contribution in [3.8, 4) is 0 Å². The van der Waals surface area contributed by atoms with Gasteiger partial charge in [-0.1, -0.05) is 0 Å². The molecule has 1 aliphatic rings. The molecule has 0 aromatic heterocycles. The molecule has 0 aliphatic carbocycles. The normalized spacial score (nSPS) is 18.0. The SMILES string of the molecule is Cl.O1O[SiH2]1. The van der Waals surface area contributed by atoms with Crippen LogP contribution in [0.1, 0.15) is 0 Å². The summed E-state index contributed by atoms with van der Waals surface area (Å²) in [5.74, 6) is 0. The molecule has 1 aliphatic heterocycles. The monoisotopic (exact) mass is 98.0 g/mol. The molecule has 0 N–H and O–H groups in total. The van der Waals surface area contributed by atoms with Gasteiger partial charge in [0.2, 0.25) is 0 Å². The highest BCUT2D eigenvalue weighted by Gasteiger charge is 1.98. The molecule has 4 heteroatoms. The third-order valence-electron chi connectivity index (χ3n) is 0.118. The Balaban J connectivity index is 0.0000000900. The van der Waals surface area contributed by atoms with Crippen molar-refractivity contribution in [3.63, 3.8) is 0 Å². The van der Waals surface area contributed by atoms with E-state index in [1.165, 1.54) is 0 Å². The molecule has 26 valence electrons. The molecule has 1 saturated heterocycles. The van der Waals surface area contributed by atoms with Crippen LogP contribution >= 0.6 is 12.4 Å². The second kappa shape index (κ2) is 1.72. The largest absolute Gasteiger partial charge is 0.379 e. The second-order valence-electron chi connectivity index (χ2n) is 0.354. The summed E-state index contributed by atoms with van der Waals surface area (Å²) in [5, 5.41) is 0. The van der Waals surface area contributed by atoms with E-state index in [0.29, 0.717) is 0 Å². The van der Waals surface area contributed by atoms with E-state index in [9.17, 15) is 0 Å². The van der Waals surface area contributed by atoms with Crippen LogP contribution in [0.15, 0.2) is 0 Å². The van der Waals surface area contributed by atoms with E-state index >= 15 is 0 Å². The Morgan fingerprint density at radius 2 is 1.50 bits per heavy atom. The Hall–Kier alpha value is 0.427. The lowest BCUT2D eigenvalue weighted by atomic mass is 15.0. The van der Waals surface area contributed by atoms with Crippen molar-refractivity contribution < 1.29 is 9.15 Å². The number of hydrogen-bond acceptors (Lipinski definition) is 2. The van der Waals surface area contributed by atoms with Crippen molar-refractivity contribution in [1.29, 1.82) is 0 Å². The van der Waals surface area contributed by atoms with Crippen LogP contribution in [0.2, 0.25) is 0 Å². The predicted molar refractivity (Wildman–Crippen MR) is 18.0 cm³/mol. The Kier molecular flexibility index (Phi) is 1.90. The van der Waals surface area contributed by atoms with Crippen molar-refractivity contribution >= 4 is 22.4 Å². The second-order valence-corrected chi connectivity index (χ2v) is 1.06. The molecule has 0 aromatic rings. The van der Waals surface area contributed by atoms with Crippen LogP contribution in [0.3, 0.4) is 0 Å². The standard InChI is InChI=1S/ClH.H2O2Si/c;1-2-3-1/h1H;3H2. The maximum atomic E-state index is 4.14. The lowest BCUT2D eigenvalue weighted by Gasteiger charge is -1.27. The van der Waals surface area contributed by atoms with E-state index in [2.05, 4.69) is 9.15 Å². The number of hydrogen-bond donors (Lipinski definition) is 0. The van der Waals surface area contributed by atoms with Gasteiger partial charge in [-0.25, -0.2) is 0 Å². The summed E-state index contributed by atoms with van der Waals surface area (Å²) in [6, 6.07) is 0. The van der Waals surface area contributed by atoms with Gasteiger partial charge in [0.05, 0.1) is 0 Å². The molecule has 2 nitrogen and oxygen atoms in total. The van der Waals surface area contributed by atoms with Crippen molar-refractivity contribution in [2.45, 2.75) is 0 Å². The zero-order chi connectivity index (χ0) is 2.12. The van der Waals surface area contributed by atoms with Gasteiger partial charge in [-0.15, -0.1) is 12.4 Å². The van der Waals surface area contributed by atoms with E-state index in [0.717, 1.165) is 0 Å². The van der Waals surface area contributed by atoms with Crippen molar-refractivity contribution in [2.75, 3.05) is 0 Å². The van der Waals surface area contributed by atoms with Gasteiger partial charge in [-0.05, 0) is 0 Å². The summed E-state index contributed by atoms with van der Waals surface area (Å²) in [4.78, 5) is 0. The molecule has 1 fully saturated rings. The molecule has 0 radical (unpaired) electrons. The van der Waals surface area contributed by atoms with Gasteiger partial charge in [0.1, 0.15) is 0 Å². The van der Waals surface area contributed by atoms with Gasteiger partial charge in [0, 0.05) is 0 Å². The summed E-state index contributed by atoms with van der Waals surface area (Å²) in [5.41, 5.74) is 0. The van der Waals surface area contributed by atoms with E-state index in [-0.39, 0.29) is 22.4 Å². The van der Waals surface area contributed by atoms with Crippen LogP contribution in [-0.4, -0.2) is 10.0 Å². The summed E-state index contributed by atoms with van der Waals surface area (Å²) in [6.07, 6.45) is 0. The van der Waals surface area contributed by atoms with Crippen molar-refractivity contribution in [1.82, 2.24) is 0 Å². The molecular formula is H3ClO2Si. The maximum Gasteiger partial charge on any atom is 0.379 e. The first-order valence-electron chi connectivity index (χ1n) is 0.744. The molecule has 0 bridgehead atoms. The maximum absolute atomic E-state index is 4.14. The zero-order valence-electron chi connectivity index (χ0n) is 1.93. The lowest BCUT2D eigenvalue weighted by Crippen LogP contribution is -1.28. The number of halogens is 1. The fourth-order valence-electron chi connectivity index (χ4n) is 0. The van der Waals surface area contributed by atoms with Crippen LogP contribution < -0.4 is 0 Å². The third kappa shape index (κ3) is 2.43. The predicted octanol–water partition coefficient (Wildman–Crippen LogP) is -0.631. The fourth-order valence-corrected chi connectivity index (χ4v) is 0. The Labute approximate surface area is 32.5 Å². The minimum atomic E-state index is -0.333. The zero-order valence-corrected chi connectivity index (χ0v) is 4.16. The summed E-state index contributed by atoms with van der Waals surface area (Å²) >= 11 is 0. The van der Waals surface area contributed by atoms with Gasteiger partial charge < -0.3 is 0 Å². The molecule has 0 unspecified atom stereocenters. The van der Waals surface area contributed by atoms with Gasteiger partial charge in [-0.3, -0.25) is 9.15 Å². The van der Waals surface area contributed by atoms with Crippen molar-refractivity contribution in [3.05, 3.63) is 0 Å². The quantitative estimate of drug-likeness (QED) is 0.229. The number of rotatable bonds is 0. The highest BCUT2D eigenvalue weighted by Crippen LogP contribution is 1.83. The molecule has 0 amide bonds. The first kappa shape index (κ1) is 4.43. The molecule has 1 rings (SSSR count). The first-order valence-corrected chi connectivity index (χ1v) is 1.90. The van der Waals surface area contributed by atoms with Gasteiger partial charge in [-0.2, -0.15) is 0 Å². The van der Waals surface area contributed by atoms with E-state index in [1.54, 1.807) is 0 Å². The first-order chi connectivity index (χ1) is 1.50. The van der Waals surface area contributed by atoms with Crippen molar-refractivity contribution in [2.24, 2.45) is 0 Å². The van der Waals surface area contributed by atoms with Gasteiger partial charge >= 0.3 is 10.0 Å². The Bertz CT molecular complexity index is 10.8. The molecule has 0 aromatic carbocycles. The lowest BCUT2D eigenvalue weighted by molar-refractivity contribution is 0.0850. The summed E-state index contributed by atoms with van der Waals surface area (Å²) in [7, 11) is -0.333. The Morgan fingerprint density at radius 1 is 1.25 bits per heavy atom. The molecule has 0 atom stereocenters. The molecular weight excluding hydrogens is 95.5 g/mol. The van der Waals surface area contributed by atoms with E-state index in [4.69, 9.17) is 0 Å². The highest BCUT2D eigenvalue weighted by molar-refractivity contribution is 6.24. The molecule has 4 heavy (non-hydrogen) atoms. The van der Waals surface area contributed by atoms with Crippen LogP contribution in [0.25, 0.3) is 0 Å². The third-order valence-corrected chi connectivity index (χ3v) is 0.354. The average Bonchev–Trinajstić information content (AvgIpc) is 1.46. The topological polar surface area (TPSA) is 25.1 Å². The van der Waals surface area contributed by atoms with Gasteiger partial charge in [0.25, 0.3) is 0 Å². The van der Waals surface area contributed by atoms with Crippen LogP contribution in [0, 0.1) is 0 Å². The smallest absolute Gasteiger partial charge is 0.265 e. The van der Waals surface area contributed by atoms with E-state index in [1.807, 2.05) is 0 Å². The molecule has 0 spiro atoms. The summed E-state index contributed by atoms with van der Waals surface area (Å²) < 4.78 is 8.28. The summed E-state index contributed by atoms with van der Waals surface area (Å²) in [6.45, 7) is 0. The minimum absolute atomic E-state index is 0. The average molecular weight is 98.6 g/mol. The fraction of sp³-hybridized carbons (Fsp3) is 0. The van der Waals surface area contributed by atoms with Crippen LogP contribution in [0.5, 0.6) is 0 Å². The van der Waals surface area contributed by atoms with Crippen LogP contribution in [-0.2, 0) is 9.15 Å². The molecule has 1 heterocycles. The highest BCUT2D eigenvalue weighted by atomic mass is 35.5. The van der Waals surface area contributed by atoms with E-state index < -0.39 is 0 Å². The van der Waals surface area contributed by atoms with Crippen LogP contribution in [0.4, 0.5) is 0 Å². The molecule has 0 saturated carbocycles. The Morgan fingerprint density at radius 3 is 1.50 bits per heavy atom.